The predicted molar refractivity (Wildman–Crippen MR) is 94.5 cm³/mol. The number of rotatable bonds is 5. The molecule has 112 valence electrons. The van der Waals surface area contributed by atoms with Crippen LogP contribution in [0, 0.1) is 0 Å². The zero-order valence-electron chi connectivity index (χ0n) is 12.7. The normalized spacial score (nSPS) is 24.8. The van der Waals surface area contributed by atoms with Gasteiger partial charge in [-0.1, -0.05) is 44.2 Å². The molecule has 1 N–H and O–H groups in total. The van der Waals surface area contributed by atoms with E-state index in [1.807, 2.05) is 11.3 Å². The summed E-state index contributed by atoms with van der Waals surface area (Å²) in [6, 6.07) is 13.9. The molecule has 0 aliphatic heterocycles. The summed E-state index contributed by atoms with van der Waals surface area (Å²) in [5.41, 5.74) is 3.05. The topological polar surface area (TPSA) is 12.0 Å². The van der Waals surface area contributed by atoms with Crippen molar-refractivity contribution in [1.29, 1.82) is 0 Å². The van der Waals surface area contributed by atoms with Crippen molar-refractivity contribution in [3.05, 3.63) is 52.9 Å². The molecule has 1 nitrogen and oxygen atoms in total. The van der Waals surface area contributed by atoms with E-state index in [0.717, 1.165) is 6.54 Å². The van der Waals surface area contributed by atoms with Crippen LogP contribution in [0.25, 0.3) is 0 Å². The van der Waals surface area contributed by atoms with Crippen LogP contribution in [0.3, 0.4) is 0 Å². The molecule has 21 heavy (non-hydrogen) atoms. The number of hydrogen-bond donors (Lipinski definition) is 1. The summed E-state index contributed by atoms with van der Waals surface area (Å²) in [7, 11) is 0. The maximum absolute atomic E-state index is 3.79. The first-order valence-corrected chi connectivity index (χ1v) is 9.58. The molecular weight excluding hydrogens is 294 g/mol. The fraction of sp³-hybridized carbons (Fsp3) is 0.444. The molecule has 0 amide bonds. The van der Waals surface area contributed by atoms with Crippen molar-refractivity contribution in [2.75, 3.05) is 6.54 Å². The molecule has 3 unspecified atom stereocenters. The minimum atomic E-state index is 0.476. The number of fused-ring (bicyclic) bond motifs is 1. The van der Waals surface area contributed by atoms with Crippen molar-refractivity contribution >= 4 is 23.1 Å². The van der Waals surface area contributed by atoms with Gasteiger partial charge < -0.3 is 5.32 Å². The lowest BCUT2D eigenvalue weighted by Crippen LogP contribution is -2.35. The van der Waals surface area contributed by atoms with Crippen LogP contribution in [0.5, 0.6) is 0 Å². The third kappa shape index (κ3) is 3.36. The van der Waals surface area contributed by atoms with Crippen LogP contribution in [0.1, 0.15) is 49.8 Å². The highest BCUT2D eigenvalue weighted by Gasteiger charge is 2.33. The summed E-state index contributed by atoms with van der Waals surface area (Å²) >= 11 is 3.91. The Kier molecular flexibility index (Phi) is 5.04. The molecule has 1 aliphatic carbocycles. The van der Waals surface area contributed by atoms with E-state index in [1.165, 1.54) is 28.2 Å². The molecule has 1 heterocycles. The SMILES string of the molecule is CCCNC1c2ccccc2C(C)CC1Sc1cccs1. The highest BCUT2D eigenvalue weighted by Crippen LogP contribution is 2.45. The summed E-state index contributed by atoms with van der Waals surface area (Å²) in [5.74, 6) is 0.651. The molecule has 0 saturated heterocycles. The largest absolute Gasteiger partial charge is 0.309 e. The smallest absolute Gasteiger partial charge is 0.0601 e. The van der Waals surface area contributed by atoms with Gasteiger partial charge in [0, 0.05) is 11.3 Å². The van der Waals surface area contributed by atoms with Crippen LogP contribution in [0.15, 0.2) is 46.0 Å². The van der Waals surface area contributed by atoms with E-state index in [9.17, 15) is 0 Å². The fourth-order valence-electron chi connectivity index (χ4n) is 3.19. The summed E-state index contributed by atoms with van der Waals surface area (Å²) in [6.07, 6.45) is 2.44. The van der Waals surface area contributed by atoms with Crippen LogP contribution in [-0.2, 0) is 0 Å². The molecule has 1 aliphatic rings. The van der Waals surface area contributed by atoms with Gasteiger partial charge in [0.05, 0.1) is 4.21 Å². The maximum atomic E-state index is 3.79. The minimum absolute atomic E-state index is 0.476. The lowest BCUT2D eigenvalue weighted by molar-refractivity contribution is 0.445. The van der Waals surface area contributed by atoms with E-state index >= 15 is 0 Å². The monoisotopic (exact) mass is 317 g/mol. The van der Waals surface area contributed by atoms with Gasteiger partial charge in [-0.3, -0.25) is 0 Å². The molecule has 3 rings (SSSR count). The van der Waals surface area contributed by atoms with Crippen LogP contribution in [0.2, 0.25) is 0 Å². The van der Waals surface area contributed by atoms with E-state index in [-0.39, 0.29) is 0 Å². The van der Waals surface area contributed by atoms with Crippen molar-refractivity contribution < 1.29 is 0 Å². The lowest BCUT2D eigenvalue weighted by Gasteiger charge is -2.37. The third-order valence-corrected chi connectivity index (χ3v) is 6.57. The number of nitrogens with one attached hydrogen (secondary N) is 1. The summed E-state index contributed by atoms with van der Waals surface area (Å²) in [4.78, 5) is 0. The molecule has 2 aromatic rings. The molecule has 0 spiro atoms. The summed E-state index contributed by atoms with van der Waals surface area (Å²) in [6.45, 7) is 5.71. The molecule has 0 fully saturated rings. The Morgan fingerprint density at radius 2 is 2.00 bits per heavy atom. The van der Waals surface area contributed by atoms with Crippen LogP contribution in [0.4, 0.5) is 0 Å². The Bertz CT molecular complexity index is 564. The zero-order chi connectivity index (χ0) is 14.7. The Morgan fingerprint density at radius 1 is 1.19 bits per heavy atom. The first kappa shape index (κ1) is 15.1. The molecule has 3 atom stereocenters. The molecule has 1 aromatic carbocycles. The Hall–Kier alpha value is -0.770. The number of thioether (sulfide) groups is 1. The Balaban J connectivity index is 1.88. The van der Waals surface area contributed by atoms with E-state index in [4.69, 9.17) is 0 Å². The molecule has 0 saturated carbocycles. The van der Waals surface area contributed by atoms with Crippen molar-refractivity contribution in [3.8, 4) is 0 Å². The van der Waals surface area contributed by atoms with Gasteiger partial charge >= 0.3 is 0 Å². The van der Waals surface area contributed by atoms with Crippen molar-refractivity contribution in [2.45, 2.75) is 48.1 Å². The van der Waals surface area contributed by atoms with Crippen molar-refractivity contribution in [3.63, 3.8) is 0 Å². The average molecular weight is 318 g/mol. The van der Waals surface area contributed by atoms with Gasteiger partial charge in [0.25, 0.3) is 0 Å². The third-order valence-electron chi connectivity index (χ3n) is 4.20. The number of benzene rings is 1. The van der Waals surface area contributed by atoms with E-state index in [2.05, 4.69) is 72.7 Å². The van der Waals surface area contributed by atoms with Gasteiger partial charge in [0.2, 0.25) is 0 Å². The molecule has 1 aromatic heterocycles. The van der Waals surface area contributed by atoms with E-state index < -0.39 is 0 Å². The fourth-order valence-corrected chi connectivity index (χ4v) is 5.62. The highest BCUT2D eigenvalue weighted by molar-refractivity contribution is 8.01. The molecule has 0 bridgehead atoms. The molecule has 0 radical (unpaired) electrons. The first-order valence-electron chi connectivity index (χ1n) is 7.82. The Labute approximate surface area is 136 Å². The second-order valence-corrected chi connectivity index (χ2v) is 8.27. The second kappa shape index (κ2) is 6.99. The summed E-state index contributed by atoms with van der Waals surface area (Å²) in [5, 5.41) is 6.60. The first-order chi connectivity index (χ1) is 10.3. The van der Waals surface area contributed by atoms with Gasteiger partial charge in [0.15, 0.2) is 0 Å². The minimum Gasteiger partial charge on any atom is -0.309 e. The number of thiophene rings is 1. The molecule has 3 heteroatoms. The maximum Gasteiger partial charge on any atom is 0.0601 e. The van der Waals surface area contributed by atoms with E-state index in [1.54, 1.807) is 0 Å². The van der Waals surface area contributed by atoms with Gasteiger partial charge in [-0.2, -0.15) is 0 Å². The van der Waals surface area contributed by atoms with Crippen LogP contribution >= 0.6 is 23.1 Å². The van der Waals surface area contributed by atoms with Crippen molar-refractivity contribution in [1.82, 2.24) is 5.32 Å². The quantitative estimate of drug-likeness (QED) is 0.786. The zero-order valence-corrected chi connectivity index (χ0v) is 14.3. The van der Waals surface area contributed by atoms with Gasteiger partial charge in [-0.05, 0) is 47.9 Å². The van der Waals surface area contributed by atoms with Gasteiger partial charge in [-0.25, -0.2) is 0 Å². The lowest BCUT2D eigenvalue weighted by atomic mass is 9.80. The van der Waals surface area contributed by atoms with Crippen LogP contribution < -0.4 is 5.32 Å². The van der Waals surface area contributed by atoms with Crippen LogP contribution in [-0.4, -0.2) is 11.8 Å². The van der Waals surface area contributed by atoms with E-state index in [0.29, 0.717) is 17.2 Å². The van der Waals surface area contributed by atoms with Crippen molar-refractivity contribution in [2.24, 2.45) is 0 Å². The molecular formula is C18H23NS2. The summed E-state index contributed by atoms with van der Waals surface area (Å²) < 4.78 is 1.44. The number of hydrogen-bond acceptors (Lipinski definition) is 3. The average Bonchev–Trinajstić information content (AvgIpc) is 3.00. The van der Waals surface area contributed by atoms with Gasteiger partial charge in [0.1, 0.15) is 0 Å². The highest BCUT2D eigenvalue weighted by atomic mass is 32.2. The van der Waals surface area contributed by atoms with Gasteiger partial charge in [-0.15, -0.1) is 23.1 Å². The predicted octanol–water partition coefficient (Wildman–Crippen LogP) is 5.46. The standard InChI is InChI=1S/C18H23NS2/c1-3-10-19-18-15-8-5-4-7-14(15)13(2)12-16(18)21-17-9-6-11-20-17/h4-9,11,13,16,18-19H,3,10,12H2,1-2H3. The Morgan fingerprint density at radius 3 is 2.71 bits per heavy atom. The second-order valence-electron chi connectivity index (χ2n) is 5.79.